The van der Waals surface area contributed by atoms with Crippen LogP contribution < -0.4 is 10.0 Å². The predicted octanol–water partition coefficient (Wildman–Crippen LogP) is 0.161. The van der Waals surface area contributed by atoms with Gasteiger partial charge in [0.15, 0.2) is 0 Å². The van der Waals surface area contributed by atoms with E-state index in [2.05, 4.69) is 10.0 Å². The lowest BCUT2D eigenvalue weighted by atomic mass is 10.0. The number of rotatable bonds is 6. The zero-order valence-corrected chi connectivity index (χ0v) is 11.2. The van der Waals surface area contributed by atoms with Crippen molar-refractivity contribution in [2.75, 3.05) is 26.2 Å². The first-order valence-electron chi connectivity index (χ1n) is 5.99. The highest BCUT2D eigenvalue weighted by Crippen LogP contribution is 2.13. The molecular weight excluding hydrogens is 226 g/mol. The number of nitrogens with zero attached hydrogens (tertiary/aromatic N) is 1. The molecule has 16 heavy (non-hydrogen) atoms. The quantitative estimate of drug-likeness (QED) is 0.705. The van der Waals surface area contributed by atoms with E-state index in [4.69, 9.17) is 0 Å². The van der Waals surface area contributed by atoms with Gasteiger partial charge in [0.1, 0.15) is 0 Å². The van der Waals surface area contributed by atoms with E-state index in [0.29, 0.717) is 19.0 Å². The van der Waals surface area contributed by atoms with E-state index in [0.717, 1.165) is 19.5 Å². The Labute approximate surface area is 98.8 Å². The Morgan fingerprint density at radius 2 is 2.06 bits per heavy atom. The molecule has 1 aliphatic heterocycles. The molecule has 0 amide bonds. The van der Waals surface area contributed by atoms with Crippen LogP contribution in [-0.2, 0) is 10.2 Å². The van der Waals surface area contributed by atoms with Gasteiger partial charge in [-0.2, -0.15) is 17.4 Å². The van der Waals surface area contributed by atoms with E-state index < -0.39 is 10.2 Å². The Hall–Kier alpha value is -0.170. The van der Waals surface area contributed by atoms with E-state index in [1.54, 1.807) is 0 Å². The van der Waals surface area contributed by atoms with Gasteiger partial charge in [-0.05, 0) is 32.4 Å². The summed E-state index contributed by atoms with van der Waals surface area (Å²) in [6.45, 7) is 8.57. The van der Waals surface area contributed by atoms with Crippen LogP contribution in [0.2, 0.25) is 0 Å². The lowest BCUT2D eigenvalue weighted by Crippen LogP contribution is -2.47. The molecule has 2 unspecified atom stereocenters. The largest absolute Gasteiger partial charge is 0.316 e. The van der Waals surface area contributed by atoms with Crippen LogP contribution in [0.5, 0.6) is 0 Å². The van der Waals surface area contributed by atoms with Gasteiger partial charge in [-0.3, -0.25) is 0 Å². The molecule has 1 fully saturated rings. The van der Waals surface area contributed by atoms with Crippen molar-refractivity contribution in [2.24, 2.45) is 5.92 Å². The summed E-state index contributed by atoms with van der Waals surface area (Å²) >= 11 is 0. The summed E-state index contributed by atoms with van der Waals surface area (Å²) in [6, 6.07) is 0.000556. The second-order valence-electron chi connectivity index (χ2n) is 4.25. The minimum Gasteiger partial charge on any atom is -0.316 e. The maximum absolute atomic E-state index is 12.0. The van der Waals surface area contributed by atoms with Crippen LogP contribution in [-0.4, -0.2) is 44.9 Å². The van der Waals surface area contributed by atoms with Crippen LogP contribution >= 0.6 is 0 Å². The van der Waals surface area contributed by atoms with Gasteiger partial charge in [-0.15, -0.1) is 0 Å². The van der Waals surface area contributed by atoms with Gasteiger partial charge in [-0.25, -0.2) is 0 Å². The number of nitrogens with one attached hydrogen (secondary N) is 2. The summed E-state index contributed by atoms with van der Waals surface area (Å²) in [7, 11) is -3.30. The van der Waals surface area contributed by atoms with E-state index in [-0.39, 0.29) is 6.04 Å². The van der Waals surface area contributed by atoms with Crippen LogP contribution in [0.3, 0.4) is 0 Å². The van der Waals surface area contributed by atoms with Crippen molar-refractivity contribution >= 4 is 10.2 Å². The SMILES string of the molecule is CCN(CC)S(=O)(=O)NC(C)C1CCNC1. The third-order valence-electron chi connectivity index (χ3n) is 3.19. The van der Waals surface area contributed by atoms with Gasteiger partial charge in [0.25, 0.3) is 10.2 Å². The molecule has 5 nitrogen and oxygen atoms in total. The predicted molar refractivity (Wildman–Crippen MR) is 65.4 cm³/mol. The Morgan fingerprint density at radius 1 is 1.44 bits per heavy atom. The molecule has 1 heterocycles. The van der Waals surface area contributed by atoms with Gasteiger partial charge in [0.2, 0.25) is 0 Å². The zero-order valence-electron chi connectivity index (χ0n) is 10.4. The van der Waals surface area contributed by atoms with Crippen molar-refractivity contribution in [3.63, 3.8) is 0 Å². The molecule has 0 saturated carbocycles. The second kappa shape index (κ2) is 5.95. The van der Waals surface area contributed by atoms with E-state index in [1.807, 2.05) is 20.8 Å². The van der Waals surface area contributed by atoms with Crippen molar-refractivity contribution in [2.45, 2.75) is 33.2 Å². The fraction of sp³-hybridized carbons (Fsp3) is 1.00. The van der Waals surface area contributed by atoms with Crippen molar-refractivity contribution in [1.82, 2.24) is 14.3 Å². The first kappa shape index (κ1) is 13.9. The highest BCUT2D eigenvalue weighted by molar-refractivity contribution is 7.87. The molecule has 0 radical (unpaired) electrons. The van der Waals surface area contributed by atoms with Gasteiger partial charge >= 0.3 is 0 Å². The zero-order chi connectivity index (χ0) is 12.2. The van der Waals surface area contributed by atoms with Crippen molar-refractivity contribution in [3.05, 3.63) is 0 Å². The van der Waals surface area contributed by atoms with Crippen molar-refractivity contribution in [1.29, 1.82) is 0 Å². The maximum Gasteiger partial charge on any atom is 0.279 e. The van der Waals surface area contributed by atoms with Crippen LogP contribution in [0.1, 0.15) is 27.2 Å². The molecule has 0 aromatic rings. The average Bonchev–Trinajstić information content (AvgIpc) is 2.70. The summed E-state index contributed by atoms with van der Waals surface area (Å²) < 4.78 is 28.1. The fourth-order valence-corrected chi connectivity index (χ4v) is 3.56. The molecule has 1 aliphatic rings. The molecule has 0 aliphatic carbocycles. The van der Waals surface area contributed by atoms with Crippen molar-refractivity contribution in [3.8, 4) is 0 Å². The van der Waals surface area contributed by atoms with Crippen LogP contribution in [0, 0.1) is 5.92 Å². The molecule has 2 N–H and O–H groups in total. The first-order valence-corrected chi connectivity index (χ1v) is 7.43. The standard InChI is InChI=1S/C10H23N3O2S/c1-4-13(5-2)16(14,15)12-9(3)10-6-7-11-8-10/h9-12H,4-8H2,1-3H3. The second-order valence-corrected chi connectivity index (χ2v) is 5.95. The monoisotopic (exact) mass is 249 g/mol. The lowest BCUT2D eigenvalue weighted by Gasteiger charge is -2.25. The molecule has 0 aromatic heterocycles. The van der Waals surface area contributed by atoms with E-state index >= 15 is 0 Å². The Morgan fingerprint density at radius 3 is 2.50 bits per heavy atom. The Kier molecular flexibility index (Phi) is 5.17. The number of hydrogen-bond acceptors (Lipinski definition) is 3. The third kappa shape index (κ3) is 3.41. The highest BCUT2D eigenvalue weighted by Gasteiger charge is 2.27. The fourth-order valence-electron chi connectivity index (χ4n) is 2.07. The molecule has 0 spiro atoms. The van der Waals surface area contributed by atoms with Gasteiger partial charge in [0.05, 0.1) is 0 Å². The molecule has 0 bridgehead atoms. The Balaban J connectivity index is 2.57. The summed E-state index contributed by atoms with van der Waals surface area (Å²) in [5.74, 6) is 0.408. The molecule has 1 rings (SSSR count). The molecule has 0 aromatic carbocycles. The van der Waals surface area contributed by atoms with Gasteiger partial charge < -0.3 is 5.32 Å². The van der Waals surface area contributed by atoms with Crippen LogP contribution in [0.15, 0.2) is 0 Å². The molecule has 1 saturated heterocycles. The van der Waals surface area contributed by atoms with Gasteiger partial charge in [-0.1, -0.05) is 13.8 Å². The molecule has 6 heteroatoms. The molecule has 2 atom stereocenters. The van der Waals surface area contributed by atoms with Gasteiger partial charge in [0, 0.05) is 19.1 Å². The average molecular weight is 249 g/mol. The normalized spacial score (nSPS) is 23.9. The Bertz CT molecular complexity index is 295. The summed E-state index contributed by atoms with van der Waals surface area (Å²) in [4.78, 5) is 0. The minimum atomic E-state index is -3.30. The number of hydrogen-bond donors (Lipinski definition) is 2. The molecular formula is C10H23N3O2S. The minimum absolute atomic E-state index is 0.000556. The smallest absolute Gasteiger partial charge is 0.279 e. The highest BCUT2D eigenvalue weighted by atomic mass is 32.2. The van der Waals surface area contributed by atoms with Crippen LogP contribution in [0.4, 0.5) is 0 Å². The summed E-state index contributed by atoms with van der Waals surface area (Å²) in [5.41, 5.74) is 0. The summed E-state index contributed by atoms with van der Waals surface area (Å²) in [6.07, 6.45) is 1.04. The topological polar surface area (TPSA) is 61.4 Å². The maximum atomic E-state index is 12.0. The van der Waals surface area contributed by atoms with E-state index in [9.17, 15) is 8.42 Å². The van der Waals surface area contributed by atoms with Crippen molar-refractivity contribution < 1.29 is 8.42 Å². The summed E-state index contributed by atoms with van der Waals surface area (Å²) in [5, 5.41) is 3.25. The van der Waals surface area contributed by atoms with E-state index in [1.165, 1.54) is 4.31 Å². The third-order valence-corrected chi connectivity index (χ3v) is 5.05. The lowest BCUT2D eigenvalue weighted by molar-refractivity contribution is 0.398. The molecule has 96 valence electrons. The first-order chi connectivity index (χ1) is 7.51. The van der Waals surface area contributed by atoms with Crippen LogP contribution in [0.25, 0.3) is 0 Å².